The number of fused-ring (bicyclic) bond motifs is 2. The van der Waals surface area contributed by atoms with E-state index in [-0.39, 0.29) is 25.3 Å². The Morgan fingerprint density at radius 1 is 0.687 bits per heavy atom. The van der Waals surface area contributed by atoms with Crippen LogP contribution in [0, 0.1) is 5.92 Å². The first-order valence-corrected chi connectivity index (χ1v) is 29.4. The summed E-state index contributed by atoms with van der Waals surface area (Å²) in [6.07, 6.45) is 1.46. The number of aliphatic hydroxyl groups excluding tert-OH is 6. The lowest BCUT2D eigenvalue weighted by atomic mass is 9.98. The van der Waals surface area contributed by atoms with Crippen molar-refractivity contribution in [3.05, 3.63) is 59.7 Å². The number of ether oxygens (including phenoxy) is 2. The Labute approximate surface area is 486 Å². The minimum Gasteiger partial charge on any atom is -0.493 e. The Bertz CT molecular complexity index is 2450. The molecule has 0 saturated carbocycles. The average molecular weight is 1170 g/mol. The Hall–Kier alpha value is -6.44. The van der Waals surface area contributed by atoms with Crippen molar-refractivity contribution in [2.75, 3.05) is 26.7 Å². The van der Waals surface area contributed by atoms with Crippen LogP contribution in [0.5, 0.6) is 11.5 Å². The number of amides is 8. The maximum atomic E-state index is 14.7. The van der Waals surface area contributed by atoms with Crippen LogP contribution >= 0.6 is 0 Å². The normalized spacial score (nSPS) is 26.0. The summed E-state index contributed by atoms with van der Waals surface area (Å²) in [6.45, 7) is 3.61. The van der Waals surface area contributed by atoms with Gasteiger partial charge in [-0.1, -0.05) is 127 Å². The van der Waals surface area contributed by atoms with E-state index in [1.807, 2.05) is 30.3 Å². The molecule has 13 atom stereocenters. The second-order valence-corrected chi connectivity index (χ2v) is 22.5. The number of nitrogens with zero attached hydrogens (tertiary/aromatic N) is 2. The highest BCUT2D eigenvalue weighted by atomic mass is 16.5. The number of nitrogens with one attached hydrogen (secondary N) is 5. The fraction of sp³-hybridized carbons (Fsp3) is 0.661. The summed E-state index contributed by atoms with van der Waals surface area (Å²) < 4.78 is 11.6. The number of β-amino-alcohol motifs (C(OH)–C–C–N with tert-alkyl or cyclic N) is 1. The lowest BCUT2D eigenvalue weighted by Gasteiger charge is -2.33. The molecule has 3 aliphatic rings. The lowest BCUT2D eigenvalue weighted by molar-refractivity contribution is -0.147. The number of unbranched alkanes of at least 4 members (excludes halogenated alkanes) is 12. The van der Waals surface area contributed by atoms with Gasteiger partial charge in [0.05, 0.1) is 50.2 Å². The molecule has 3 aliphatic heterocycles. The highest BCUT2D eigenvalue weighted by molar-refractivity contribution is 5.98. The zero-order valence-electron chi connectivity index (χ0n) is 48.4. The van der Waals surface area contributed by atoms with Crippen LogP contribution in [-0.4, -0.2) is 187 Å². The number of methoxy groups -OCH3 is 1. The molecule has 13 N–H and O–H groups in total. The molecule has 5 rings (SSSR count). The number of rotatable bonds is 26. The van der Waals surface area contributed by atoms with Crippen molar-refractivity contribution in [1.82, 2.24) is 36.4 Å². The summed E-state index contributed by atoms with van der Waals surface area (Å²) >= 11 is 0. The molecule has 83 heavy (non-hydrogen) atoms. The van der Waals surface area contributed by atoms with Gasteiger partial charge in [-0.15, -0.1) is 0 Å². The van der Waals surface area contributed by atoms with E-state index in [2.05, 4.69) is 33.5 Å². The van der Waals surface area contributed by atoms with Crippen molar-refractivity contribution in [3.8, 4) is 11.5 Å². The Balaban J connectivity index is 1.44. The number of hydrogen-bond donors (Lipinski definition) is 12. The van der Waals surface area contributed by atoms with Crippen molar-refractivity contribution in [1.29, 1.82) is 0 Å². The van der Waals surface area contributed by atoms with Crippen LogP contribution in [0.15, 0.2) is 48.5 Å². The lowest BCUT2D eigenvalue weighted by Crippen LogP contribution is -2.64. The van der Waals surface area contributed by atoms with Gasteiger partial charge in [-0.25, -0.2) is 0 Å². The fourth-order valence-electron chi connectivity index (χ4n) is 10.9. The molecule has 0 aliphatic carbocycles. The van der Waals surface area contributed by atoms with E-state index in [4.69, 9.17) is 15.2 Å². The van der Waals surface area contributed by atoms with E-state index >= 15 is 0 Å². The van der Waals surface area contributed by atoms with E-state index in [0.29, 0.717) is 17.7 Å². The third-order valence-corrected chi connectivity index (χ3v) is 15.6. The summed E-state index contributed by atoms with van der Waals surface area (Å²) in [4.78, 5) is 114. The molecule has 2 aromatic rings. The molecule has 0 bridgehead atoms. The number of aliphatic hydroxyl groups is 6. The number of nitrogens with two attached hydrogens (primary N) is 1. The molecule has 0 spiro atoms. The fourth-order valence-corrected chi connectivity index (χ4v) is 10.9. The largest absolute Gasteiger partial charge is 0.493 e. The van der Waals surface area contributed by atoms with Crippen LogP contribution < -0.4 is 41.8 Å². The number of primary amides is 1. The first-order chi connectivity index (χ1) is 39.6. The Morgan fingerprint density at radius 2 is 1.29 bits per heavy atom. The molecule has 3 fully saturated rings. The van der Waals surface area contributed by atoms with Crippen LogP contribution in [0.25, 0.3) is 0 Å². The first-order valence-electron chi connectivity index (χ1n) is 29.4. The van der Waals surface area contributed by atoms with Gasteiger partial charge in [0.15, 0.2) is 11.5 Å². The summed E-state index contributed by atoms with van der Waals surface area (Å²) in [5.74, 6) is -8.70. The van der Waals surface area contributed by atoms with Crippen molar-refractivity contribution in [2.45, 2.75) is 216 Å². The number of hydrogen-bond acceptors (Lipinski definition) is 16. The second kappa shape index (κ2) is 33.8. The molecule has 24 heteroatoms. The topological polar surface area (TPSA) is 369 Å². The van der Waals surface area contributed by atoms with Crippen LogP contribution in [-0.2, 0) is 51.4 Å². The maximum Gasteiger partial charge on any atom is 0.248 e. The van der Waals surface area contributed by atoms with Gasteiger partial charge in [-0.2, -0.15) is 0 Å². The SMILES string of the molecule is CCCCCCCCCCCCCCCC(=O)N[C@H]1C[C@@H](O)CNC(=O)[C@@H]2[C@@H](O)[C@@H](C)CN2C(=O)[C@H]([C@H](O)CC(N)=O)NC(=O)[C@H]([C@H](O)Cc2ccc(OCc3ccccc3)c(OC)c2)NC(=O)[C@@H]2C[C@@H](O)CN2C(=O)[C@H]([C@@H](C)O)NC1=O. The standard InChI is InChI=1S/C59H90N8O16/c1-5-6-7-8-9-10-11-12-13-14-15-16-20-23-48(74)62-41-28-39(69)31-61-57(79)52-53(75)35(2)32-67(52)59(81)51(44(72)30-47(60)73)65-56(78)50(64-55(77)42-29-40(70)33-66(42)58(80)49(36(3)68)63-54(41)76)43(71)26-38-24-25-45(46(27-38)82-4)83-34-37-21-18-17-19-22-37/h17-19,21-22,24-25,27,35-36,39-44,49-53,68-72,75H,5-16,20,23,26,28-34H2,1-4H3,(H2,60,73)(H,61,79)(H,62,74)(H,63,76)(H,64,77)(H,65,78)/t35-,36+,39+,40+,41-,42-,43+,44+,49-,50-,51-,52-,53-/m0/s1. The maximum absolute atomic E-state index is 14.7. The van der Waals surface area contributed by atoms with E-state index < -0.39 is 165 Å². The van der Waals surface area contributed by atoms with Crippen LogP contribution in [0.4, 0.5) is 0 Å². The summed E-state index contributed by atoms with van der Waals surface area (Å²) in [6, 6.07) is 2.94. The van der Waals surface area contributed by atoms with E-state index in [1.54, 1.807) is 12.1 Å². The first kappa shape index (κ1) is 67.4. The predicted molar refractivity (Wildman–Crippen MR) is 303 cm³/mol. The zero-order chi connectivity index (χ0) is 60.8. The number of carbonyl (C=O) groups excluding carboxylic acids is 8. The average Bonchev–Trinajstić information content (AvgIpc) is 3.65. The second-order valence-electron chi connectivity index (χ2n) is 22.5. The third kappa shape index (κ3) is 20.4. The molecule has 462 valence electrons. The highest BCUT2D eigenvalue weighted by Gasteiger charge is 2.50. The van der Waals surface area contributed by atoms with Gasteiger partial charge in [-0.05, 0) is 36.6 Å². The van der Waals surface area contributed by atoms with E-state index in [1.165, 1.54) is 72.0 Å². The number of carbonyl (C=O) groups is 8. The minimum atomic E-state index is -2.13. The molecule has 3 saturated heterocycles. The third-order valence-electron chi connectivity index (χ3n) is 15.6. The van der Waals surface area contributed by atoms with Crippen LogP contribution in [0.3, 0.4) is 0 Å². The molecule has 8 amide bonds. The molecule has 24 nitrogen and oxygen atoms in total. The molecule has 3 heterocycles. The van der Waals surface area contributed by atoms with Gasteiger partial charge in [-0.3, -0.25) is 38.4 Å². The Kier molecular flexibility index (Phi) is 27.4. The smallest absolute Gasteiger partial charge is 0.248 e. The Morgan fingerprint density at radius 3 is 1.90 bits per heavy atom. The van der Waals surface area contributed by atoms with Crippen LogP contribution in [0.2, 0.25) is 0 Å². The van der Waals surface area contributed by atoms with Gasteiger partial charge in [0.2, 0.25) is 47.3 Å². The quantitative estimate of drug-likeness (QED) is 0.0563. The summed E-state index contributed by atoms with van der Waals surface area (Å²) in [5, 5.41) is 80.6. The molecule has 2 aromatic carbocycles. The van der Waals surface area contributed by atoms with Crippen LogP contribution in [0.1, 0.15) is 141 Å². The van der Waals surface area contributed by atoms with Gasteiger partial charge in [0.1, 0.15) is 42.9 Å². The van der Waals surface area contributed by atoms with E-state index in [0.717, 1.165) is 47.5 Å². The van der Waals surface area contributed by atoms with Crippen molar-refractivity contribution in [3.63, 3.8) is 0 Å². The van der Waals surface area contributed by atoms with Gasteiger partial charge in [0.25, 0.3) is 0 Å². The molecule has 0 aromatic heterocycles. The zero-order valence-corrected chi connectivity index (χ0v) is 48.4. The predicted octanol–water partition coefficient (Wildman–Crippen LogP) is 0.266. The summed E-state index contributed by atoms with van der Waals surface area (Å²) in [7, 11) is 1.38. The van der Waals surface area contributed by atoms with E-state index in [9.17, 15) is 69.0 Å². The molecular formula is C59H90N8O16. The minimum absolute atomic E-state index is 0.00398. The van der Waals surface area contributed by atoms with Gasteiger partial charge < -0.3 is 82.2 Å². The highest BCUT2D eigenvalue weighted by Crippen LogP contribution is 2.31. The summed E-state index contributed by atoms with van der Waals surface area (Å²) in [5.41, 5.74) is 6.64. The number of benzene rings is 2. The van der Waals surface area contributed by atoms with Crippen molar-refractivity contribution in [2.24, 2.45) is 11.7 Å². The molecule has 0 unspecified atom stereocenters. The molecular weight excluding hydrogens is 1080 g/mol. The van der Waals surface area contributed by atoms with Gasteiger partial charge >= 0.3 is 0 Å². The molecule has 0 radical (unpaired) electrons. The van der Waals surface area contributed by atoms with Gasteiger partial charge in [0, 0.05) is 51.2 Å². The monoisotopic (exact) mass is 1170 g/mol. The van der Waals surface area contributed by atoms with Crippen molar-refractivity contribution < 1.29 is 78.5 Å². The van der Waals surface area contributed by atoms with Crippen molar-refractivity contribution >= 4 is 47.3 Å².